The highest BCUT2D eigenvalue weighted by Crippen LogP contribution is 2.20. The summed E-state index contributed by atoms with van der Waals surface area (Å²) < 4.78 is 0. The number of hydrogen-bond acceptors (Lipinski definition) is 1. The van der Waals surface area contributed by atoms with Gasteiger partial charge in [0.25, 0.3) is 0 Å². The smallest absolute Gasteiger partial charge is 0.0228 e. The average Bonchev–Trinajstić information content (AvgIpc) is 2.49. The maximum absolute atomic E-state index is 2.25. The van der Waals surface area contributed by atoms with Gasteiger partial charge in [0.15, 0.2) is 0 Å². The van der Waals surface area contributed by atoms with Gasteiger partial charge in [-0.3, -0.25) is 0 Å². The Balaban J connectivity index is 0.00000116. The molecule has 0 spiro atoms. The Morgan fingerprint density at radius 2 is 1.45 bits per heavy atom. The molecule has 0 atom stereocenters. The lowest BCUT2D eigenvalue weighted by Gasteiger charge is -2.05. The van der Waals surface area contributed by atoms with E-state index in [1.54, 1.807) is 0 Å². The summed E-state index contributed by atoms with van der Waals surface area (Å²) in [5, 5.41) is 2.21. The van der Waals surface area contributed by atoms with Gasteiger partial charge in [-0.1, -0.05) is 47.5 Å². The largest absolute Gasteiger partial charge is 0.129 e. The quantitative estimate of drug-likeness (QED) is 0.363. The van der Waals surface area contributed by atoms with Crippen molar-refractivity contribution in [1.29, 1.82) is 0 Å². The Morgan fingerprint density at radius 3 is 2.05 bits per heavy atom. The lowest BCUT2D eigenvalue weighted by molar-refractivity contribution is 1.28. The van der Waals surface area contributed by atoms with Crippen molar-refractivity contribution in [1.82, 2.24) is 0 Å². The second-order valence-corrected chi connectivity index (χ2v) is 6.30. The van der Waals surface area contributed by atoms with Crippen LogP contribution in [0.1, 0.15) is 33.4 Å². The van der Waals surface area contributed by atoms with Gasteiger partial charge < -0.3 is 0 Å². The summed E-state index contributed by atoms with van der Waals surface area (Å²) in [6.07, 6.45) is 2.21. The Hall–Kier alpha value is -0.01000. The zero-order chi connectivity index (χ0) is 16.5. The predicted octanol–water partition coefficient (Wildman–Crippen LogP) is 7.60. The van der Waals surface area contributed by atoms with E-state index >= 15 is 0 Å². The van der Waals surface area contributed by atoms with Crippen molar-refractivity contribution in [2.24, 2.45) is 0 Å². The van der Waals surface area contributed by atoms with Crippen molar-refractivity contribution >= 4 is 55.1 Å². The molecule has 0 aliphatic rings. The van der Waals surface area contributed by atoms with Gasteiger partial charge in [0, 0.05) is 43.0 Å². The van der Waals surface area contributed by atoms with E-state index in [9.17, 15) is 0 Å². The van der Waals surface area contributed by atoms with Crippen LogP contribution in [0.4, 0.5) is 0 Å². The van der Waals surface area contributed by atoms with Crippen LogP contribution in [0.5, 0.6) is 0 Å². The highest BCUT2D eigenvalue weighted by atomic mass is 128. The van der Waals surface area contributed by atoms with E-state index in [1.807, 2.05) is 11.8 Å². The average molecular weight is 536 g/mol. The lowest BCUT2D eigenvalue weighted by atomic mass is 10.1. The fraction of sp³-hybridized carbons (Fsp3) is 0.263. The van der Waals surface area contributed by atoms with E-state index in [0.29, 0.717) is 0 Å². The van der Waals surface area contributed by atoms with Crippen LogP contribution >= 0.6 is 49.0 Å². The molecule has 0 saturated carbocycles. The number of halogens is 2. The first-order valence-electron chi connectivity index (χ1n) is 7.12. The van der Waals surface area contributed by atoms with Gasteiger partial charge in [0.1, 0.15) is 0 Å². The molecule has 0 bridgehead atoms. The van der Waals surface area contributed by atoms with Crippen LogP contribution in [0, 0.1) is 27.7 Å². The molecule has 2 aromatic rings. The summed E-state index contributed by atoms with van der Waals surface area (Å²) in [4.78, 5) is 0. The first kappa shape index (κ1) is 20.0. The van der Waals surface area contributed by atoms with Crippen molar-refractivity contribution < 1.29 is 0 Å². The zero-order valence-electron chi connectivity index (χ0n) is 13.5. The monoisotopic (exact) mass is 536 g/mol. The minimum absolute atomic E-state index is 1.04. The van der Waals surface area contributed by atoms with Crippen molar-refractivity contribution in [2.45, 2.75) is 33.4 Å². The van der Waals surface area contributed by atoms with Crippen LogP contribution < -0.4 is 0 Å². The molecule has 3 heteroatoms. The molecule has 0 amide bonds. The molecule has 0 radical (unpaired) electrons. The standard InChI is InChI=1S/C19H22S.I2/c1-14-5-7-18(16(3)11-14)9-10-20-13-19-8-6-15(2)12-17(19)4;1-2/h5-12H,13H2,1-4H3;/b10-9-;. The summed E-state index contributed by atoms with van der Waals surface area (Å²) >= 11 is 6.09. The van der Waals surface area contributed by atoms with E-state index in [-0.39, 0.29) is 0 Å². The molecule has 0 saturated heterocycles. The SMILES string of the molecule is Cc1ccc(/C=C\SCc2ccc(C)cc2C)c(C)c1.II. The lowest BCUT2D eigenvalue weighted by Crippen LogP contribution is -1.86. The fourth-order valence-electron chi connectivity index (χ4n) is 2.28. The van der Waals surface area contributed by atoms with Gasteiger partial charge in [0.05, 0.1) is 0 Å². The van der Waals surface area contributed by atoms with Gasteiger partial charge in [-0.25, -0.2) is 0 Å². The summed E-state index contributed by atoms with van der Waals surface area (Å²) in [7, 11) is 0. The molecular weight excluding hydrogens is 514 g/mol. The van der Waals surface area contributed by atoms with Crippen LogP contribution in [0.3, 0.4) is 0 Å². The maximum atomic E-state index is 2.25. The highest BCUT2D eigenvalue weighted by Gasteiger charge is 1.98. The maximum Gasteiger partial charge on any atom is 0.0228 e. The number of benzene rings is 2. The van der Waals surface area contributed by atoms with Gasteiger partial charge in [-0.15, -0.1) is 11.8 Å². The van der Waals surface area contributed by atoms with Gasteiger partial charge in [-0.2, -0.15) is 0 Å². The summed E-state index contributed by atoms with van der Waals surface area (Å²) in [6, 6.07) is 13.3. The molecule has 0 fully saturated rings. The second kappa shape index (κ2) is 10.7. The summed E-state index contributed by atoms with van der Waals surface area (Å²) in [5.74, 6) is 1.04. The van der Waals surface area contributed by atoms with Crippen molar-refractivity contribution in [2.75, 3.05) is 0 Å². The molecule has 0 unspecified atom stereocenters. The van der Waals surface area contributed by atoms with Gasteiger partial charge in [-0.05, 0) is 61.4 Å². The third kappa shape index (κ3) is 6.62. The molecule has 118 valence electrons. The van der Waals surface area contributed by atoms with Crippen molar-refractivity contribution in [3.8, 4) is 0 Å². The summed E-state index contributed by atoms with van der Waals surface area (Å²) in [6.45, 7) is 8.64. The molecule has 0 N–H and O–H groups in total. The fourth-order valence-corrected chi connectivity index (χ4v) is 3.12. The molecule has 0 heterocycles. The first-order chi connectivity index (χ1) is 10.6. The minimum atomic E-state index is 1.04. The molecule has 0 aliphatic carbocycles. The van der Waals surface area contributed by atoms with Crippen LogP contribution in [0.25, 0.3) is 6.08 Å². The van der Waals surface area contributed by atoms with Crippen molar-refractivity contribution in [3.05, 3.63) is 75.2 Å². The summed E-state index contributed by atoms with van der Waals surface area (Å²) in [5.41, 5.74) is 8.12. The Labute approximate surface area is 162 Å². The Bertz CT molecular complexity index is 633. The third-order valence-electron chi connectivity index (χ3n) is 3.51. The zero-order valence-corrected chi connectivity index (χ0v) is 18.6. The molecule has 2 aromatic carbocycles. The molecule has 22 heavy (non-hydrogen) atoms. The first-order valence-corrected chi connectivity index (χ1v) is 14.5. The number of aryl methyl sites for hydroxylation is 4. The van der Waals surface area contributed by atoms with Gasteiger partial charge in [0.2, 0.25) is 0 Å². The van der Waals surface area contributed by atoms with E-state index in [4.69, 9.17) is 0 Å². The highest BCUT2D eigenvalue weighted by molar-refractivity contribution is 15.0. The Kier molecular flexibility index (Phi) is 9.75. The normalized spacial score (nSPS) is 10.5. The van der Waals surface area contributed by atoms with E-state index in [0.717, 1.165) is 5.75 Å². The molecule has 0 nitrogen and oxygen atoms in total. The van der Waals surface area contributed by atoms with Crippen LogP contribution in [0.2, 0.25) is 0 Å². The number of hydrogen-bond donors (Lipinski definition) is 0. The van der Waals surface area contributed by atoms with E-state index < -0.39 is 0 Å². The predicted molar refractivity (Wildman–Crippen MR) is 120 cm³/mol. The van der Waals surface area contributed by atoms with Crippen molar-refractivity contribution in [3.63, 3.8) is 0 Å². The van der Waals surface area contributed by atoms with Gasteiger partial charge >= 0.3 is 0 Å². The molecule has 0 aliphatic heterocycles. The van der Waals surface area contributed by atoms with E-state index in [1.165, 1.54) is 33.4 Å². The molecular formula is C19H22I2S. The third-order valence-corrected chi connectivity index (χ3v) is 4.31. The molecule has 2 rings (SSSR count). The number of rotatable bonds is 4. The second-order valence-electron chi connectivity index (χ2n) is 5.40. The van der Waals surface area contributed by atoms with Crippen LogP contribution in [-0.2, 0) is 5.75 Å². The topological polar surface area (TPSA) is 0 Å². The number of thioether (sulfide) groups is 1. The van der Waals surface area contributed by atoms with Crippen LogP contribution in [0.15, 0.2) is 41.8 Å². The minimum Gasteiger partial charge on any atom is -0.129 e. The van der Waals surface area contributed by atoms with Crippen LogP contribution in [-0.4, -0.2) is 0 Å². The van der Waals surface area contributed by atoms with E-state index in [2.05, 4.69) is 113 Å². The molecule has 0 aromatic heterocycles. The Morgan fingerprint density at radius 1 is 0.864 bits per heavy atom.